The van der Waals surface area contributed by atoms with Crippen molar-refractivity contribution in [2.24, 2.45) is 0 Å². The highest BCUT2D eigenvalue weighted by molar-refractivity contribution is 5.70. The van der Waals surface area contributed by atoms with Crippen LogP contribution in [0.15, 0.2) is 0 Å². The van der Waals surface area contributed by atoms with E-state index in [0.29, 0.717) is 5.82 Å². The molecule has 1 aliphatic heterocycles. The monoisotopic (exact) mass is 194 g/mol. The highest BCUT2D eigenvalue weighted by Gasteiger charge is 2.19. The fourth-order valence-electron chi connectivity index (χ4n) is 1.85. The molecule has 1 aromatic heterocycles. The van der Waals surface area contributed by atoms with Crippen molar-refractivity contribution in [1.29, 1.82) is 0 Å². The van der Waals surface area contributed by atoms with Gasteiger partial charge in [-0.1, -0.05) is 0 Å². The molecule has 14 heavy (non-hydrogen) atoms. The maximum atomic E-state index is 10.7. The number of carbonyl (C=O) groups excluding carboxylic acids is 1. The van der Waals surface area contributed by atoms with Gasteiger partial charge in [0.15, 0.2) is 12.1 Å². The Morgan fingerprint density at radius 1 is 1.36 bits per heavy atom. The van der Waals surface area contributed by atoms with Crippen molar-refractivity contribution in [2.45, 2.75) is 26.3 Å². The number of rotatable bonds is 3. The summed E-state index contributed by atoms with van der Waals surface area (Å²) in [5, 5.41) is 7.90. The van der Waals surface area contributed by atoms with Crippen molar-refractivity contribution < 1.29 is 4.79 Å². The zero-order chi connectivity index (χ0) is 9.97. The maximum Gasteiger partial charge on any atom is 0.227 e. The maximum absolute atomic E-state index is 10.7. The molecule has 1 saturated heterocycles. The van der Waals surface area contributed by atoms with Crippen LogP contribution >= 0.6 is 0 Å². The molecule has 0 saturated carbocycles. The molecule has 1 aromatic rings. The van der Waals surface area contributed by atoms with Gasteiger partial charge in [0, 0.05) is 19.6 Å². The first-order valence-electron chi connectivity index (χ1n) is 5.00. The summed E-state index contributed by atoms with van der Waals surface area (Å²) in [7, 11) is 0. The van der Waals surface area contributed by atoms with Crippen LogP contribution < -0.4 is 4.90 Å². The molecular formula is C9H14N4O. The van der Waals surface area contributed by atoms with Gasteiger partial charge in [0.25, 0.3) is 0 Å². The van der Waals surface area contributed by atoms with Crippen LogP contribution in [0.5, 0.6) is 0 Å². The second-order valence-electron chi connectivity index (χ2n) is 3.41. The molecule has 1 fully saturated rings. The molecular weight excluding hydrogens is 180 g/mol. The largest absolute Gasteiger partial charge is 0.341 e. The minimum absolute atomic E-state index is 0.425. The number of nitrogens with zero attached hydrogens (tertiary/aromatic N) is 4. The second-order valence-corrected chi connectivity index (χ2v) is 3.41. The third-order valence-electron chi connectivity index (χ3n) is 2.57. The van der Waals surface area contributed by atoms with Gasteiger partial charge < -0.3 is 4.90 Å². The van der Waals surface area contributed by atoms with Gasteiger partial charge in [-0.2, -0.15) is 0 Å². The van der Waals surface area contributed by atoms with Crippen molar-refractivity contribution >= 4 is 12.2 Å². The topological polar surface area (TPSA) is 51.0 Å². The summed E-state index contributed by atoms with van der Waals surface area (Å²) in [4.78, 5) is 12.9. The van der Waals surface area contributed by atoms with Crippen molar-refractivity contribution in [3.8, 4) is 0 Å². The lowest BCUT2D eigenvalue weighted by molar-refractivity contribution is 0.111. The number of aldehydes is 1. The molecule has 2 heterocycles. The molecule has 5 heteroatoms. The quantitative estimate of drug-likeness (QED) is 0.665. The van der Waals surface area contributed by atoms with Gasteiger partial charge in [0.2, 0.25) is 5.95 Å². The summed E-state index contributed by atoms with van der Waals surface area (Å²) >= 11 is 0. The predicted molar refractivity (Wildman–Crippen MR) is 52.5 cm³/mol. The van der Waals surface area contributed by atoms with E-state index in [1.54, 1.807) is 0 Å². The van der Waals surface area contributed by atoms with Crippen LogP contribution in [0.3, 0.4) is 0 Å². The first kappa shape index (κ1) is 9.18. The molecule has 0 atom stereocenters. The van der Waals surface area contributed by atoms with Crippen LogP contribution in [-0.2, 0) is 6.54 Å². The lowest BCUT2D eigenvalue weighted by Gasteiger charge is -2.16. The minimum atomic E-state index is 0.425. The third-order valence-corrected chi connectivity index (χ3v) is 2.57. The van der Waals surface area contributed by atoms with E-state index in [0.717, 1.165) is 31.9 Å². The summed E-state index contributed by atoms with van der Waals surface area (Å²) in [5.74, 6) is 1.27. The van der Waals surface area contributed by atoms with Gasteiger partial charge in [-0.3, -0.25) is 9.36 Å². The van der Waals surface area contributed by atoms with Crippen LogP contribution in [0.4, 0.5) is 5.95 Å². The number of hydrogen-bond donors (Lipinski definition) is 0. The molecule has 0 aromatic carbocycles. The van der Waals surface area contributed by atoms with Crippen molar-refractivity contribution in [3.05, 3.63) is 5.82 Å². The zero-order valence-corrected chi connectivity index (χ0v) is 8.31. The molecule has 0 radical (unpaired) electrons. The minimum Gasteiger partial charge on any atom is -0.341 e. The van der Waals surface area contributed by atoms with Crippen LogP contribution in [0.1, 0.15) is 30.4 Å². The van der Waals surface area contributed by atoms with Crippen molar-refractivity contribution in [1.82, 2.24) is 14.8 Å². The van der Waals surface area contributed by atoms with Crippen molar-refractivity contribution in [3.63, 3.8) is 0 Å². The first-order valence-corrected chi connectivity index (χ1v) is 5.00. The SMILES string of the molecule is CCn1c(C=O)nnc1N1CCCC1. The van der Waals surface area contributed by atoms with E-state index in [4.69, 9.17) is 0 Å². The summed E-state index contributed by atoms with van der Waals surface area (Å²) in [6, 6.07) is 0. The summed E-state index contributed by atoms with van der Waals surface area (Å²) < 4.78 is 1.86. The Balaban J connectivity index is 2.31. The summed E-state index contributed by atoms with van der Waals surface area (Å²) in [6.45, 7) is 4.79. The van der Waals surface area contributed by atoms with E-state index in [1.165, 1.54) is 12.8 Å². The van der Waals surface area contributed by atoms with Crippen LogP contribution in [-0.4, -0.2) is 34.1 Å². The standard InChI is InChI=1S/C9H14N4O/c1-2-13-8(7-14)10-11-9(13)12-5-3-4-6-12/h7H,2-6H2,1H3. The Kier molecular flexibility index (Phi) is 2.47. The van der Waals surface area contributed by atoms with Gasteiger partial charge in [-0.25, -0.2) is 0 Å². The highest BCUT2D eigenvalue weighted by atomic mass is 16.1. The number of anilines is 1. The molecule has 5 nitrogen and oxygen atoms in total. The molecule has 1 aliphatic rings. The Morgan fingerprint density at radius 2 is 2.07 bits per heavy atom. The third kappa shape index (κ3) is 1.38. The highest BCUT2D eigenvalue weighted by Crippen LogP contribution is 2.18. The molecule has 0 spiro atoms. The number of aromatic nitrogens is 3. The molecule has 0 N–H and O–H groups in total. The van der Waals surface area contributed by atoms with Gasteiger partial charge in [-0.05, 0) is 19.8 Å². The number of hydrogen-bond acceptors (Lipinski definition) is 4. The average Bonchev–Trinajstić information content (AvgIpc) is 2.85. The Bertz CT molecular complexity index is 328. The average molecular weight is 194 g/mol. The number of carbonyl (C=O) groups is 1. The smallest absolute Gasteiger partial charge is 0.227 e. The van der Waals surface area contributed by atoms with E-state index in [9.17, 15) is 4.79 Å². The van der Waals surface area contributed by atoms with Gasteiger partial charge in [0.1, 0.15) is 0 Å². The first-order chi connectivity index (χ1) is 6.86. The summed E-state index contributed by atoms with van der Waals surface area (Å²) in [5.41, 5.74) is 0. The van der Waals surface area contributed by atoms with Crippen LogP contribution in [0.2, 0.25) is 0 Å². The van der Waals surface area contributed by atoms with E-state index in [2.05, 4.69) is 15.1 Å². The summed E-state index contributed by atoms with van der Waals surface area (Å²) in [6.07, 6.45) is 3.16. The van der Waals surface area contributed by atoms with Gasteiger partial charge in [0.05, 0.1) is 0 Å². The van der Waals surface area contributed by atoms with Gasteiger partial charge in [-0.15, -0.1) is 10.2 Å². The second kappa shape index (κ2) is 3.77. The molecule has 2 rings (SSSR count). The molecule has 0 aliphatic carbocycles. The van der Waals surface area contributed by atoms with E-state index < -0.39 is 0 Å². The fraction of sp³-hybridized carbons (Fsp3) is 0.667. The Labute approximate surface area is 82.7 Å². The molecule has 0 amide bonds. The normalized spacial score (nSPS) is 16.2. The van der Waals surface area contributed by atoms with Crippen LogP contribution in [0, 0.1) is 0 Å². The Morgan fingerprint density at radius 3 is 2.64 bits per heavy atom. The van der Waals surface area contributed by atoms with Gasteiger partial charge >= 0.3 is 0 Å². The van der Waals surface area contributed by atoms with Crippen molar-refractivity contribution in [2.75, 3.05) is 18.0 Å². The lowest BCUT2D eigenvalue weighted by atomic mass is 10.4. The predicted octanol–water partition coefficient (Wildman–Crippen LogP) is 0.711. The molecule has 76 valence electrons. The van der Waals surface area contributed by atoms with Crippen LogP contribution in [0.25, 0.3) is 0 Å². The Hall–Kier alpha value is -1.39. The zero-order valence-electron chi connectivity index (χ0n) is 8.31. The fourth-order valence-corrected chi connectivity index (χ4v) is 1.85. The molecule has 0 bridgehead atoms. The molecule has 0 unspecified atom stereocenters. The van der Waals surface area contributed by atoms with E-state index in [1.807, 2.05) is 11.5 Å². The lowest BCUT2D eigenvalue weighted by Crippen LogP contribution is -2.22. The van der Waals surface area contributed by atoms with E-state index >= 15 is 0 Å². The van der Waals surface area contributed by atoms with E-state index in [-0.39, 0.29) is 0 Å².